The van der Waals surface area contributed by atoms with E-state index in [-0.39, 0.29) is 36.3 Å². The monoisotopic (exact) mass is 492 g/mol. The Morgan fingerprint density at radius 1 is 0.944 bits per heavy atom. The summed E-state index contributed by atoms with van der Waals surface area (Å²) in [5.41, 5.74) is 1.51. The molecule has 1 amide bonds. The van der Waals surface area contributed by atoms with Crippen LogP contribution < -0.4 is 9.47 Å². The molecular formula is C29H33FN2O4. The summed E-state index contributed by atoms with van der Waals surface area (Å²) in [6.45, 7) is 3.71. The number of carbonyl (C=O) groups is 2. The van der Waals surface area contributed by atoms with Crippen LogP contribution in [0.3, 0.4) is 0 Å². The predicted molar refractivity (Wildman–Crippen MR) is 135 cm³/mol. The van der Waals surface area contributed by atoms with Gasteiger partial charge >= 0.3 is 0 Å². The molecule has 3 aliphatic rings. The van der Waals surface area contributed by atoms with Crippen molar-refractivity contribution < 1.29 is 23.5 Å². The number of ketones is 1. The van der Waals surface area contributed by atoms with Gasteiger partial charge in [0.1, 0.15) is 5.82 Å². The molecule has 0 aromatic heterocycles. The van der Waals surface area contributed by atoms with E-state index in [2.05, 4.69) is 4.90 Å². The van der Waals surface area contributed by atoms with Gasteiger partial charge in [0.15, 0.2) is 17.3 Å². The summed E-state index contributed by atoms with van der Waals surface area (Å²) in [5.74, 6) is 1.30. The summed E-state index contributed by atoms with van der Waals surface area (Å²) in [5, 5.41) is 0. The SMILES string of the molecule is O=C(c1ccc(F)cc1)C1CCN(CC[C@@H]2CCCCN2C(=O)/C=C/c2ccc3c(c2)OCO3)CC1. The van der Waals surface area contributed by atoms with Crippen LogP contribution in [0.4, 0.5) is 4.39 Å². The van der Waals surface area contributed by atoms with Crippen molar-refractivity contribution in [3.05, 3.63) is 65.5 Å². The molecule has 3 heterocycles. The van der Waals surface area contributed by atoms with E-state index in [9.17, 15) is 14.0 Å². The van der Waals surface area contributed by atoms with Crippen LogP contribution in [0, 0.1) is 11.7 Å². The van der Waals surface area contributed by atoms with Crippen LogP contribution in [0.15, 0.2) is 48.5 Å². The second-order valence-corrected chi connectivity index (χ2v) is 9.90. The molecule has 0 aliphatic carbocycles. The largest absolute Gasteiger partial charge is 0.454 e. The van der Waals surface area contributed by atoms with Crippen molar-refractivity contribution >= 4 is 17.8 Å². The van der Waals surface area contributed by atoms with Crippen LogP contribution in [0.2, 0.25) is 0 Å². The first kappa shape index (κ1) is 24.5. The third-order valence-electron chi connectivity index (χ3n) is 7.59. The second kappa shape index (κ2) is 11.2. The van der Waals surface area contributed by atoms with Crippen molar-refractivity contribution in [2.24, 2.45) is 5.92 Å². The Hall–Kier alpha value is -3.19. The zero-order chi connectivity index (χ0) is 24.9. The molecule has 2 saturated heterocycles. The van der Waals surface area contributed by atoms with Crippen LogP contribution in [0.5, 0.6) is 11.5 Å². The number of hydrogen-bond acceptors (Lipinski definition) is 5. The van der Waals surface area contributed by atoms with Gasteiger partial charge in [-0.1, -0.05) is 6.07 Å². The van der Waals surface area contributed by atoms with Gasteiger partial charge in [0.05, 0.1) is 0 Å². The van der Waals surface area contributed by atoms with Crippen molar-refractivity contribution in [1.29, 1.82) is 0 Å². The Kier molecular flexibility index (Phi) is 7.66. The Morgan fingerprint density at radius 3 is 2.53 bits per heavy atom. The number of carbonyl (C=O) groups excluding carboxylic acids is 2. The molecule has 7 heteroatoms. The highest BCUT2D eigenvalue weighted by molar-refractivity contribution is 5.97. The third-order valence-corrected chi connectivity index (χ3v) is 7.59. The Morgan fingerprint density at radius 2 is 1.72 bits per heavy atom. The number of piperidine rings is 2. The van der Waals surface area contributed by atoms with Crippen LogP contribution >= 0.6 is 0 Å². The number of ether oxygens (including phenoxy) is 2. The molecule has 0 N–H and O–H groups in total. The number of rotatable bonds is 7. The minimum atomic E-state index is -0.319. The van der Waals surface area contributed by atoms with Gasteiger partial charge in [-0.15, -0.1) is 0 Å². The molecule has 5 rings (SSSR count). The van der Waals surface area contributed by atoms with Crippen molar-refractivity contribution in [2.45, 2.75) is 44.6 Å². The lowest BCUT2D eigenvalue weighted by Crippen LogP contribution is -2.45. The van der Waals surface area contributed by atoms with E-state index in [0.29, 0.717) is 11.3 Å². The predicted octanol–water partition coefficient (Wildman–Crippen LogP) is 4.93. The summed E-state index contributed by atoms with van der Waals surface area (Å²) < 4.78 is 23.9. The first-order valence-corrected chi connectivity index (χ1v) is 13.0. The Balaban J connectivity index is 1.11. The molecule has 2 fully saturated rings. The molecule has 0 bridgehead atoms. The molecule has 0 radical (unpaired) electrons. The van der Waals surface area contributed by atoms with Crippen LogP contribution in [0.1, 0.15) is 54.4 Å². The first-order valence-electron chi connectivity index (χ1n) is 13.0. The van der Waals surface area contributed by atoms with E-state index in [1.807, 2.05) is 29.2 Å². The fraction of sp³-hybridized carbons (Fsp3) is 0.448. The highest BCUT2D eigenvalue weighted by atomic mass is 19.1. The third kappa shape index (κ3) is 5.78. The van der Waals surface area contributed by atoms with Gasteiger partial charge in [-0.25, -0.2) is 4.39 Å². The van der Waals surface area contributed by atoms with Crippen molar-refractivity contribution in [3.63, 3.8) is 0 Å². The lowest BCUT2D eigenvalue weighted by molar-refractivity contribution is -0.129. The molecule has 1 atom stereocenters. The van der Waals surface area contributed by atoms with E-state index < -0.39 is 0 Å². The Labute approximate surface area is 211 Å². The minimum Gasteiger partial charge on any atom is -0.454 e. The summed E-state index contributed by atoms with van der Waals surface area (Å²) in [7, 11) is 0. The zero-order valence-electron chi connectivity index (χ0n) is 20.5. The molecule has 0 unspecified atom stereocenters. The average Bonchev–Trinajstić information content (AvgIpc) is 3.39. The smallest absolute Gasteiger partial charge is 0.246 e. The molecule has 0 spiro atoms. The molecule has 36 heavy (non-hydrogen) atoms. The van der Waals surface area contributed by atoms with Gasteiger partial charge in [0.25, 0.3) is 0 Å². The number of halogens is 1. The topological polar surface area (TPSA) is 59.1 Å². The maximum atomic E-state index is 13.2. The number of Topliss-reactive ketones (excluding diaryl/α,β-unsaturated/α-hetero) is 1. The van der Waals surface area contributed by atoms with Crippen molar-refractivity contribution in [3.8, 4) is 11.5 Å². The van der Waals surface area contributed by atoms with Crippen molar-refractivity contribution in [2.75, 3.05) is 33.0 Å². The normalized spacial score (nSPS) is 20.7. The van der Waals surface area contributed by atoms with Crippen LogP contribution in [-0.4, -0.2) is 60.5 Å². The number of fused-ring (bicyclic) bond motifs is 1. The van der Waals surface area contributed by atoms with Gasteiger partial charge in [-0.2, -0.15) is 0 Å². The zero-order valence-corrected chi connectivity index (χ0v) is 20.5. The molecule has 2 aromatic carbocycles. The fourth-order valence-electron chi connectivity index (χ4n) is 5.47. The lowest BCUT2D eigenvalue weighted by Gasteiger charge is -2.37. The maximum absolute atomic E-state index is 13.2. The standard InChI is InChI=1S/C29H33FN2O4/c30-24-8-6-22(7-9-24)29(34)23-12-16-31(17-13-23)18-14-25-3-1-2-15-32(25)28(33)11-5-21-4-10-26-27(19-21)36-20-35-26/h4-11,19,23,25H,1-3,12-18,20H2/b11-5+/t25-/m0/s1. The fourth-order valence-corrected chi connectivity index (χ4v) is 5.47. The minimum absolute atomic E-state index is 0.000727. The molecule has 190 valence electrons. The van der Waals surface area contributed by atoms with E-state index in [1.54, 1.807) is 18.2 Å². The molecule has 3 aliphatic heterocycles. The van der Waals surface area contributed by atoms with Gasteiger partial charge < -0.3 is 19.3 Å². The first-order chi connectivity index (χ1) is 17.6. The lowest BCUT2D eigenvalue weighted by atomic mass is 9.88. The van der Waals surface area contributed by atoms with E-state index in [0.717, 1.165) is 76.0 Å². The number of benzene rings is 2. The van der Waals surface area contributed by atoms with E-state index in [4.69, 9.17) is 9.47 Å². The summed E-state index contributed by atoms with van der Waals surface area (Å²) in [4.78, 5) is 30.2. The molecule has 0 saturated carbocycles. The Bertz CT molecular complexity index is 1110. The van der Waals surface area contributed by atoms with Gasteiger partial charge in [-0.3, -0.25) is 9.59 Å². The summed E-state index contributed by atoms with van der Waals surface area (Å²) >= 11 is 0. The molecule has 6 nitrogen and oxygen atoms in total. The quantitative estimate of drug-likeness (QED) is 0.405. The number of amides is 1. The average molecular weight is 493 g/mol. The molecule has 2 aromatic rings. The number of likely N-dealkylation sites (tertiary alicyclic amines) is 2. The second-order valence-electron chi connectivity index (χ2n) is 9.90. The number of nitrogens with zero attached hydrogens (tertiary/aromatic N) is 2. The summed E-state index contributed by atoms with van der Waals surface area (Å²) in [6.07, 6.45) is 9.32. The van der Waals surface area contributed by atoms with Gasteiger partial charge in [-0.05, 0) is 99.7 Å². The highest BCUT2D eigenvalue weighted by Crippen LogP contribution is 2.33. The van der Waals surface area contributed by atoms with Gasteiger partial charge in [0.2, 0.25) is 12.7 Å². The van der Waals surface area contributed by atoms with Crippen molar-refractivity contribution in [1.82, 2.24) is 9.80 Å². The van der Waals surface area contributed by atoms with Crippen LogP contribution in [-0.2, 0) is 4.79 Å². The van der Waals surface area contributed by atoms with Crippen LogP contribution in [0.25, 0.3) is 6.08 Å². The van der Waals surface area contributed by atoms with E-state index >= 15 is 0 Å². The van der Waals surface area contributed by atoms with E-state index in [1.165, 1.54) is 12.1 Å². The highest BCUT2D eigenvalue weighted by Gasteiger charge is 2.29. The summed E-state index contributed by atoms with van der Waals surface area (Å²) in [6, 6.07) is 11.8. The van der Waals surface area contributed by atoms with Gasteiger partial charge in [0, 0.05) is 36.7 Å². The number of hydrogen-bond donors (Lipinski definition) is 0. The molecular weight excluding hydrogens is 459 g/mol. The maximum Gasteiger partial charge on any atom is 0.246 e.